The van der Waals surface area contributed by atoms with Gasteiger partial charge in [0.15, 0.2) is 5.54 Å². The molecule has 1 unspecified atom stereocenters. The van der Waals surface area contributed by atoms with E-state index in [4.69, 9.17) is 22.1 Å². The predicted octanol–water partition coefficient (Wildman–Crippen LogP) is 3.66. The number of carbonyl (C=O) groups is 1. The first kappa shape index (κ1) is 21.8. The number of nitrogens with one attached hydrogen (secondary N) is 1. The van der Waals surface area contributed by atoms with Gasteiger partial charge in [-0.05, 0) is 32.0 Å². The number of hydrogen-bond acceptors (Lipinski definition) is 6. The third-order valence-corrected chi connectivity index (χ3v) is 5.30. The van der Waals surface area contributed by atoms with Crippen LogP contribution in [0.15, 0.2) is 29.4 Å². The first-order valence-electron chi connectivity index (χ1n) is 8.97. The normalized spacial score (nSPS) is 23.7. The van der Waals surface area contributed by atoms with Crippen LogP contribution in [0.5, 0.6) is 0 Å². The lowest BCUT2D eigenvalue weighted by Crippen LogP contribution is -2.51. The molecule has 0 radical (unpaired) electrons. The van der Waals surface area contributed by atoms with Gasteiger partial charge in [0.05, 0.1) is 11.9 Å². The van der Waals surface area contributed by atoms with Gasteiger partial charge in [-0.25, -0.2) is 28.1 Å². The van der Waals surface area contributed by atoms with Gasteiger partial charge in [0.25, 0.3) is 18.4 Å². The van der Waals surface area contributed by atoms with E-state index < -0.39 is 47.3 Å². The maximum Gasteiger partial charge on any atom is 0.283 e. The van der Waals surface area contributed by atoms with Crippen molar-refractivity contribution in [1.29, 1.82) is 0 Å². The van der Waals surface area contributed by atoms with Crippen molar-refractivity contribution in [3.05, 3.63) is 52.3 Å². The van der Waals surface area contributed by atoms with Crippen molar-refractivity contribution in [2.75, 3.05) is 5.32 Å². The van der Waals surface area contributed by atoms with Crippen molar-refractivity contribution in [2.24, 2.45) is 16.6 Å². The maximum atomic E-state index is 14.7. The van der Waals surface area contributed by atoms with Crippen molar-refractivity contribution >= 4 is 29.2 Å². The second-order valence-corrected chi connectivity index (χ2v) is 7.35. The molecule has 0 fully saturated rings. The molecular weight excluding hydrogens is 423 g/mol. The summed E-state index contributed by atoms with van der Waals surface area (Å²) >= 11 is 5.74. The lowest BCUT2D eigenvalue weighted by molar-refractivity contribution is -0.0363. The number of carbonyl (C=O) groups excluding carboxylic acids is 1. The number of benzene rings is 1. The van der Waals surface area contributed by atoms with Crippen molar-refractivity contribution < 1.29 is 22.7 Å². The van der Waals surface area contributed by atoms with Crippen LogP contribution in [0.25, 0.3) is 0 Å². The van der Waals surface area contributed by atoms with Crippen LogP contribution in [-0.4, -0.2) is 34.4 Å². The molecule has 7 nitrogen and oxygen atoms in total. The molecule has 1 aromatic carbocycles. The Kier molecular flexibility index (Phi) is 5.89. The number of anilines is 1. The summed E-state index contributed by atoms with van der Waals surface area (Å²) in [7, 11) is 0. The van der Waals surface area contributed by atoms with Crippen LogP contribution in [-0.2, 0) is 10.3 Å². The van der Waals surface area contributed by atoms with Gasteiger partial charge in [0.2, 0.25) is 0 Å². The number of ether oxygens (including phenoxy) is 1. The first-order valence-corrected chi connectivity index (χ1v) is 9.34. The van der Waals surface area contributed by atoms with Gasteiger partial charge in [-0.15, -0.1) is 0 Å². The highest BCUT2D eigenvalue weighted by atomic mass is 35.5. The standard InChI is InChI=1S/C19H19ClF3N5O2/c1-8-10(3)30-18(24)28-19(8,17(22)23)12-6-11(4-5-13(12)21)27-16(29)15-9(2)26-14(20)7-25-15/h4-8,10,17H,1-3H3,(H2,24,28)(H,27,29)/t8-,10?,19-/m1/s1. The monoisotopic (exact) mass is 441 g/mol. The molecule has 1 aromatic heterocycles. The number of nitrogens with two attached hydrogens (primary N) is 1. The van der Waals surface area contributed by atoms with Crippen LogP contribution < -0.4 is 11.1 Å². The van der Waals surface area contributed by atoms with Crippen molar-refractivity contribution in [1.82, 2.24) is 9.97 Å². The van der Waals surface area contributed by atoms with E-state index >= 15 is 0 Å². The lowest BCUT2D eigenvalue weighted by atomic mass is 9.76. The topological polar surface area (TPSA) is 102 Å². The second kappa shape index (κ2) is 8.10. The summed E-state index contributed by atoms with van der Waals surface area (Å²) in [5.74, 6) is -2.47. The molecule has 1 amide bonds. The highest BCUT2D eigenvalue weighted by molar-refractivity contribution is 6.29. The minimum absolute atomic E-state index is 0.0100. The predicted molar refractivity (Wildman–Crippen MR) is 105 cm³/mol. The molecule has 3 rings (SSSR count). The fourth-order valence-corrected chi connectivity index (χ4v) is 3.58. The summed E-state index contributed by atoms with van der Waals surface area (Å²) in [5, 5.41) is 2.63. The van der Waals surface area contributed by atoms with E-state index in [2.05, 4.69) is 20.3 Å². The number of halogens is 4. The molecule has 0 saturated carbocycles. The summed E-state index contributed by atoms with van der Waals surface area (Å²) in [4.78, 5) is 24.2. The smallest absolute Gasteiger partial charge is 0.283 e. The SMILES string of the molecule is Cc1nc(Cl)cnc1C(=O)Nc1ccc(F)c([C@]2(C(F)F)N=C(N)OC(C)[C@H]2C)c1. The Morgan fingerprint density at radius 3 is 2.70 bits per heavy atom. The zero-order valence-electron chi connectivity index (χ0n) is 16.3. The number of nitrogens with zero attached hydrogens (tertiary/aromatic N) is 3. The van der Waals surface area contributed by atoms with E-state index in [0.717, 1.165) is 12.1 Å². The van der Waals surface area contributed by atoms with Gasteiger partial charge in [-0.3, -0.25) is 4.79 Å². The Labute approximate surface area is 175 Å². The van der Waals surface area contributed by atoms with Crippen LogP contribution in [0.3, 0.4) is 0 Å². The van der Waals surface area contributed by atoms with E-state index in [1.165, 1.54) is 26.1 Å². The molecule has 11 heteroatoms. The minimum atomic E-state index is -3.08. The number of aryl methyl sites for hydroxylation is 1. The van der Waals surface area contributed by atoms with Crippen LogP contribution >= 0.6 is 11.6 Å². The summed E-state index contributed by atoms with van der Waals surface area (Å²) < 4.78 is 48.5. The van der Waals surface area contributed by atoms with Crippen LogP contribution in [0.4, 0.5) is 18.9 Å². The van der Waals surface area contributed by atoms with Crippen LogP contribution in [0.1, 0.15) is 35.6 Å². The average Bonchev–Trinajstić information content (AvgIpc) is 2.66. The number of aliphatic imine (C=N–C) groups is 1. The van der Waals surface area contributed by atoms with Crippen LogP contribution in [0.2, 0.25) is 5.15 Å². The molecule has 1 aliphatic rings. The molecule has 160 valence electrons. The number of alkyl halides is 2. The van der Waals surface area contributed by atoms with Gasteiger partial charge in [0, 0.05) is 17.2 Å². The molecule has 1 aliphatic heterocycles. The first-order chi connectivity index (χ1) is 14.1. The quantitative estimate of drug-likeness (QED) is 0.753. The van der Waals surface area contributed by atoms with Gasteiger partial charge in [-0.2, -0.15) is 0 Å². The molecule has 2 heterocycles. The number of rotatable bonds is 4. The summed E-state index contributed by atoms with van der Waals surface area (Å²) in [6.45, 7) is 4.57. The Morgan fingerprint density at radius 2 is 2.07 bits per heavy atom. The Bertz CT molecular complexity index is 1020. The summed E-state index contributed by atoms with van der Waals surface area (Å²) in [5.41, 5.74) is 3.25. The van der Waals surface area contributed by atoms with Crippen molar-refractivity contribution in [3.63, 3.8) is 0 Å². The number of amidine groups is 1. The highest BCUT2D eigenvalue weighted by Gasteiger charge is 2.53. The fraction of sp³-hybridized carbons (Fsp3) is 0.368. The molecule has 30 heavy (non-hydrogen) atoms. The van der Waals surface area contributed by atoms with E-state index in [0.29, 0.717) is 0 Å². The van der Waals surface area contributed by atoms with Gasteiger partial charge >= 0.3 is 0 Å². The molecule has 0 bridgehead atoms. The van der Waals surface area contributed by atoms with E-state index in [9.17, 15) is 18.0 Å². The third kappa shape index (κ3) is 3.79. The Balaban J connectivity index is 2.04. The van der Waals surface area contributed by atoms with Gasteiger partial charge in [-0.1, -0.05) is 18.5 Å². The molecule has 3 N–H and O–H groups in total. The zero-order valence-corrected chi connectivity index (χ0v) is 17.0. The maximum absolute atomic E-state index is 14.7. The fourth-order valence-electron chi connectivity index (χ4n) is 3.41. The zero-order chi connectivity index (χ0) is 22.2. The number of aromatic nitrogens is 2. The molecule has 0 aliphatic carbocycles. The molecule has 0 spiro atoms. The van der Waals surface area contributed by atoms with E-state index in [1.54, 1.807) is 6.92 Å². The number of hydrogen-bond donors (Lipinski definition) is 2. The van der Waals surface area contributed by atoms with E-state index in [-0.39, 0.29) is 22.2 Å². The Hall–Kier alpha value is -2.88. The summed E-state index contributed by atoms with van der Waals surface area (Å²) in [6.07, 6.45) is -2.61. The highest BCUT2D eigenvalue weighted by Crippen LogP contribution is 2.45. The Morgan fingerprint density at radius 1 is 1.37 bits per heavy atom. The molecule has 2 aromatic rings. The van der Waals surface area contributed by atoms with Crippen molar-refractivity contribution in [2.45, 2.75) is 38.8 Å². The molecule has 0 saturated heterocycles. The minimum Gasteiger partial charge on any atom is -0.462 e. The summed E-state index contributed by atoms with van der Waals surface area (Å²) in [6, 6.07) is 2.88. The number of amides is 1. The van der Waals surface area contributed by atoms with Gasteiger partial charge < -0.3 is 15.8 Å². The third-order valence-electron chi connectivity index (χ3n) is 5.12. The van der Waals surface area contributed by atoms with Crippen molar-refractivity contribution in [3.8, 4) is 0 Å². The molecule has 3 atom stereocenters. The average molecular weight is 442 g/mol. The van der Waals surface area contributed by atoms with E-state index in [1.807, 2.05) is 0 Å². The van der Waals surface area contributed by atoms with Crippen LogP contribution in [0, 0.1) is 18.7 Å². The molecular formula is C19H19ClF3N5O2. The second-order valence-electron chi connectivity index (χ2n) is 6.96. The van der Waals surface area contributed by atoms with Gasteiger partial charge in [0.1, 0.15) is 22.8 Å². The lowest BCUT2D eigenvalue weighted by Gasteiger charge is -2.41. The largest absolute Gasteiger partial charge is 0.462 e.